The molecule has 0 saturated heterocycles. The lowest BCUT2D eigenvalue weighted by Crippen LogP contribution is -2.05. The third-order valence-electron chi connectivity index (χ3n) is 4.37. The highest BCUT2D eigenvalue weighted by molar-refractivity contribution is 5.77. The van der Waals surface area contributed by atoms with Crippen molar-refractivity contribution in [2.45, 2.75) is 33.0 Å². The minimum absolute atomic E-state index is 0.826. The van der Waals surface area contributed by atoms with Gasteiger partial charge in [-0.15, -0.1) is 0 Å². The molecule has 3 heterocycles. The van der Waals surface area contributed by atoms with Gasteiger partial charge in [-0.25, -0.2) is 9.97 Å². The van der Waals surface area contributed by atoms with Crippen LogP contribution in [0.1, 0.15) is 13.3 Å². The van der Waals surface area contributed by atoms with Crippen LogP contribution in [0, 0.1) is 0 Å². The van der Waals surface area contributed by atoms with E-state index >= 15 is 0 Å². The Kier molecular flexibility index (Phi) is 4.59. The SMILES string of the molecule is CCn1cc(-c2c(-c3ccccc3)ncn2CCCn2cncn2)cn1. The predicted octanol–water partition coefficient (Wildman–Crippen LogP) is 3.12. The van der Waals surface area contributed by atoms with Gasteiger partial charge in [-0.05, 0) is 13.3 Å². The summed E-state index contributed by atoms with van der Waals surface area (Å²) in [7, 11) is 0. The Hall–Kier alpha value is -3.22. The van der Waals surface area contributed by atoms with E-state index in [0.29, 0.717) is 0 Å². The van der Waals surface area contributed by atoms with Crippen LogP contribution in [0.4, 0.5) is 0 Å². The summed E-state index contributed by atoms with van der Waals surface area (Å²) in [5.74, 6) is 0. The van der Waals surface area contributed by atoms with Crippen LogP contribution in [0.5, 0.6) is 0 Å². The lowest BCUT2D eigenvalue weighted by atomic mass is 10.1. The van der Waals surface area contributed by atoms with Gasteiger partial charge in [-0.3, -0.25) is 9.36 Å². The van der Waals surface area contributed by atoms with Crippen molar-refractivity contribution in [3.63, 3.8) is 0 Å². The molecule has 0 spiro atoms. The number of nitrogens with zero attached hydrogens (tertiary/aromatic N) is 7. The van der Waals surface area contributed by atoms with Gasteiger partial charge in [0.1, 0.15) is 12.7 Å². The molecule has 1 aromatic carbocycles. The predicted molar refractivity (Wildman–Crippen MR) is 99.2 cm³/mol. The fraction of sp³-hybridized carbons (Fsp3) is 0.263. The van der Waals surface area contributed by atoms with Crippen molar-refractivity contribution in [1.29, 1.82) is 0 Å². The van der Waals surface area contributed by atoms with E-state index in [0.717, 1.165) is 48.6 Å². The third-order valence-corrected chi connectivity index (χ3v) is 4.37. The van der Waals surface area contributed by atoms with Crippen molar-refractivity contribution >= 4 is 0 Å². The van der Waals surface area contributed by atoms with Crippen LogP contribution >= 0.6 is 0 Å². The summed E-state index contributed by atoms with van der Waals surface area (Å²) in [6, 6.07) is 10.3. The van der Waals surface area contributed by atoms with Crippen LogP contribution in [0.15, 0.2) is 61.7 Å². The number of imidazole rings is 1. The fourth-order valence-electron chi connectivity index (χ4n) is 3.07. The maximum absolute atomic E-state index is 4.70. The zero-order chi connectivity index (χ0) is 17.8. The summed E-state index contributed by atoms with van der Waals surface area (Å²) < 4.78 is 6.00. The molecule has 0 saturated carbocycles. The average Bonchev–Trinajstić information content (AvgIpc) is 3.43. The van der Waals surface area contributed by atoms with Gasteiger partial charge in [-0.1, -0.05) is 30.3 Å². The van der Waals surface area contributed by atoms with Gasteiger partial charge in [0.2, 0.25) is 0 Å². The van der Waals surface area contributed by atoms with Gasteiger partial charge in [-0.2, -0.15) is 10.2 Å². The van der Waals surface area contributed by atoms with Gasteiger partial charge >= 0.3 is 0 Å². The van der Waals surface area contributed by atoms with Crippen molar-refractivity contribution in [2.75, 3.05) is 0 Å². The number of hydrogen-bond donors (Lipinski definition) is 0. The number of rotatable bonds is 7. The molecular formula is C19H21N7. The number of aryl methyl sites for hydroxylation is 3. The second kappa shape index (κ2) is 7.35. The molecule has 4 aromatic rings. The molecule has 26 heavy (non-hydrogen) atoms. The molecule has 0 aliphatic heterocycles. The highest BCUT2D eigenvalue weighted by Gasteiger charge is 2.16. The van der Waals surface area contributed by atoms with Crippen molar-refractivity contribution in [3.05, 3.63) is 61.7 Å². The largest absolute Gasteiger partial charge is 0.330 e. The molecular weight excluding hydrogens is 326 g/mol. The molecule has 0 atom stereocenters. The first-order valence-electron chi connectivity index (χ1n) is 8.81. The van der Waals surface area contributed by atoms with E-state index in [1.807, 2.05) is 40.1 Å². The lowest BCUT2D eigenvalue weighted by molar-refractivity contribution is 0.527. The second-order valence-corrected chi connectivity index (χ2v) is 6.10. The first-order chi connectivity index (χ1) is 12.8. The second-order valence-electron chi connectivity index (χ2n) is 6.10. The molecule has 132 valence electrons. The maximum Gasteiger partial charge on any atom is 0.137 e. The maximum atomic E-state index is 4.70. The number of aromatic nitrogens is 7. The summed E-state index contributed by atoms with van der Waals surface area (Å²) in [4.78, 5) is 8.70. The van der Waals surface area contributed by atoms with Gasteiger partial charge < -0.3 is 4.57 Å². The minimum atomic E-state index is 0.826. The summed E-state index contributed by atoms with van der Waals surface area (Å²) in [5, 5.41) is 8.60. The standard InChI is InChI=1S/C19H21N7/c1-2-25-12-17(11-22-25)19-18(16-7-4-3-5-8-16)21-15-24(19)9-6-10-26-14-20-13-23-26/h3-5,7-8,11-15H,2,6,9-10H2,1H3. The number of hydrogen-bond acceptors (Lipinski definition) is 4. The minimum Gasteiger partial charge on any atom is -0.330 e. The van der Waals surface area contributed by atoms with Gasteiger partial charge in [0, 0.05) is 37.0 Å². The Labute approximate surface area is 152 Å². The van der Waals surface area contributed by atoms with Crippen molar-refractivity contribution in [3.8, 4) is 22.5 Å². The molecule has 7 heteroatoms. The van der Waals surface area contributed by atoms with Gasteiger partial charge in [0.05, 0.1) is 23.9 Å². The average molecular weight is 347 g/mol. The summed E-state index contributed by atoms with van der Waals surface area (Å²) in [5.41, 5.74) is 4.29. The van der Waals surface area contributed by atoms with Crippen molar-refractivity contribution in [2.24, 2.45) is 0 Å². The molecule has 0 fully saturated rings. The fourth-order valence-corrected chi connectivity index (χ4v) is 3.07. The molecule has 3 aromatic heterocycles. The normalized spacial score (nSPS) is 11.1. The quantitative estimate of drug-likeness (QED) is 0.515. The van der Waals surface area contributed by atoms with Gasteiger partial charge in [0.25, 0.3) is 0 Å². The highest BCUT2D eigenvalue weighted by Crippen LogP contribution is 2.31. The Morgan fingerprint density at radius 3 is 2.54 bits per heavy atom. The van der Waals surface area contributed by atoms with Gasteiger partial charge in [0.15, 0.2) is 0 Å². The van der Waals surface area contributed by atoms with E-state index < -0.39 is 0 Å². The first-order valence-corrected chi connectivity index (χ1v) is 8.81. The molecule has 0 N–H and O–H groups in total. The molecule has 0 radical (unpaired) electrons. The van der Waals surface area contributed by atoms with E-state index in [-0.39, 0.29) is 0 Å². The van der Waals surface area contributed by atoms with E-state index in [1.165, 1.54) is 0 Å². The number of benzene rings is 1. The van der Waals surface area contributed by atoms with E-state index in [4.69, 9.17) is 4.98 Å². The summed E-state index contributed by atoms with van der Waals surface area (Å²) >= 11 is 0. The summed E-state index contributed by atoms with van der Waals surface area (Å²) in [6.45, 7) is 4.62. The van der Waals surface area contributed by atoms with Crippen LogP contribution in [0.25, 0.3) is 22.5 Å². The van der Waals surface area contributed by atoms with Crippen LogP contribution in [0.3, 0.4) is 0 Å². The summed E-state index contributed by atoms with van der Waals surface area (Å²) in [6.07, 6.45) is 10.2. The molecule has 0 unspecified atom stereocenters. The molecule has 0 amide bonds. The lowest BCUT2D eigenvalue weighted by Gasteiger charge is -2.09. The zero-order valence-corrected chi connectivity index (χ0v) is 14.7. The Morgan fingerprint density at radius 1 is 0.923 bits per heavy atom. The molecule has 7 nitrogen and oxygen atoms in total. The molecule has 0 aliphatic rings. The molecule has 4 rings (SSSR count). The Balaban J connectivity index is 1.65. The van der Waals surface area contributed by atoms with E-state index in [2.05, 4.69) is 45.0 Å². The van der Waals surface area contributed by atoms with Crippen LogP contribution < -0.4 is 0 Å². The zero-order valence-electron chi connectivity index (χ0n) is 14.7. The first kappa shape index (κ1) is 16.3. The van der Waals surface area contributed by atoms with Crippen LogP contribution in [-0.2, 0) is 19.6 Å². The molecule has 0 bridgehead atoms. The Bertz CT molecular complexity index is 951. The van der Waals surface area contributed by atoms with Crippen molar-refractivity contribution in [1.82, 2.24) is 34.1 Å². The van der Waals surface area contributed by atoms with Crippen molar-refractivity contribution < 1.29 is 0 Å². The van der Waals surface area contributed by atoms with Crippen LogP contribution in [-0.4, -0.2) is 34.1 Å². The highest BCUT2D eigenvalue weighted by atomic mass is 15.3. The van der Waals surface area contributed by atoms with E-state index in [9.17, 15) is 0 Å². The monoisotopic (exact) mass is 347 g/mol. The van der Waals surface area contributed by atoms with E-state index in [1.54, 1.807) is 12.7 Å². The third kappa shape index (κ3) is 3.28. The topological polar surface area (TPSA) is 66.3 Å². The smallest absolute Gasteiger partial charge is 0.137 e. The molecule has 0 aliphatic carbocycles. The van der Waals surface area contributed by atoms with Crippen LogP contribution in [0.2, 0.25) is 0 Å². The Morgan fingerprint density at radius 2 is 1.81 bits per heavy atom.